The number of benzene rings is 1. The highest BCUT2D eigenvalue weighted by Crippen LogP contribution is 2.37. The molecule has 0 bridgehead atoms. The molecule has 2 fully saturated rings. The van der Waals surface area contributed by atoms with Gasteiger partial charge in [0, 0.05) is 24.2 Å². The quantitative estimate of drug-likeness (QED) is 0.776. The van der Waals surface area contributed by atoms with Gasteiger partial charge in [0.05, 0.1) is 16.7 Å². The molecular weight excluding hydrogens is 249 g/mol. The van der Waals surface area contributed by atoms with E-state index in [-0.39, 0.29) is 24.2 Å². The van der Waals surface area contributed by atoms with Crippen molar-refractivity contribution in [1.29, 1.82) is 0 Å². The van der Waals surface area contributed by atoms with Crippen molar-refractivity contribution < 1.29 is 14.8 Å². The summed E-state index contributed by atoms with van der Waals surface area (Å²) in [5.41, 5.74) is -0.175. The Morgan fingerprint density at radius 2 is 1.60 bits per heavy atom. The van der Waals surface area contributed by atoms with Crippen LogP contribution in [0.2, 0.25) is 0 Å². The summed E-state index contributed by atoms with van der Waals surface area (Å²) in [6, 6.07) is -0.533. The average Bonchev–Trinajstić information content (AvgIpc) is 3.07. The fourth-order valence-electron chi connectivity index (χ4n) is 2.64. The highest BCUT2D eigenvalue weighted by atomic mass is 16.7. The third-order valence-electron chi connectivity index (χ3n) is 4.61. The summed E-state index contributed by atoms with van der Waals surface area (Å²) in [6.07, 6.45) is 2.04. The number of rotatable bonds is 2. The van der Waals surface area contributed by atoms with Crippen LogP contribution < -0.4 is 10.4 Å². The van der Waals surface area contributed by atoms with Crippen molar-refractivity contribution in [1.82, 2.24) is 0 Å². The summed E-state index contributed by atoms with van der Waals surface area (Å²) in [6.45, 7) is 9.33. The first-order chi connectivity index (χ1) is 11.1. The summed E-state index contributed by atoms with van der Waals surface area (Å²) >= 11 is 0. The third-order valence-corrected chi connectivity index (χ3v) is 4.61. The molecule has 2 aliphatic heterocycles. The maximum atomic E-state index is 8.38. The van der Waals surface area contributed by atoms with Crippen molar-refractivity contribution in [2.75, 3.05) is 18.0 Å². The molecule has 108 valence electrons. The topological polar surface area (TPSA) is 21.7 Å². The maximum Gasteiger partial charge on any atom is 0.496 e. The lowest BCUT2D eigenvalue weighted by molar-refractivity contribution is 0.00578. The van der Waals surface area contributed by atoms with Crippen molar-refractivity contribution >= 4 is 18.3 Å². The monoisotopic (exact) mass is 277 g/mol. The van der Waals surface area contributed by atoms with Gasteiger partial charge in [-0.15, -0.1) is 0 Å². The van der Waals surface area contributed by atoms with E-state index in [0.717, 1.165) is 25.9 Å². The minimum Gasteiger partial charge on any atom is -0.399 e. The third kappa shape index (κ3) is 2.25. The second kappa shape index (κ2) is 4.78. The minimum absolute atomic E-state index is 0.0115. The lowest BCUT2D eigenvalue weighted by Crippen LogP contribution is -2.41. The highest BCUT2D eigenvalue weighted by Gasteiger charge is 2.52. The largest absolute Gasteiger partial charge is 0.496 e. The molecule has 20 heavy (non-hydrogen) atoms. The Hall–Kier alpha value is -0.995. The molecule has 0 aromatic heterocycles. The van der Waals surface area contributed by atoms with E-state index in [0.29, 0.717) is 11.2 Å². The lowest BCUT2D eigenvalue weighted by atomic mass is 9.77. The summed E-state index contributed by atoms with van der Waals surface area (Å²) < 4.78 is 44.9. The second-order valence-corrected chi connectivity index (χ2v) is 6.54. The molecule has 4 heteroatoms. The zero-order chi connectivity index (χ0) is 17.9. The van der Waals surface area contributed by atoms with Crippen LogP contribution in [0.1, 0.15) is 46.0 Å². The van der Waals surface area contributed by atoms with E-state index in [2.05, 4.69) is 0 Å². The van der Waals surface area contributed by atoms with Crippen LogP contribution >= 0.6 is 0 Å². The van der Waals surface area contributed by atoms with Gasteiger partial charge in [-0.1, -0.05) is 18.1 Å². The van der Waals surface area contributed by atoms with E-state index in [4.69, 9.17) is 14.8 Å². The maximum absolute atomic E-state index is 8.38. The summed E-state index contributed by atoms with van der Waals surface area (Å²) in [7, 11) is -0.799. The molecule has 3 nitrogen and oxygen atoms in total. The van der Waals surface area contributed by atoms with Crippen molar-refractivity contribution in [3.05, 3.63) is 24.2 Å². The molecule has 0 atom stereocenters. The molecule has 0 radical (unpaired) electrons. The van der Waals surface area contributed by atoms with Crippen molar-refractivity contribution in [2.45, 2.75) is 51.7 Å². The Kier molecular flexibility index (Phi) is 2.35. The molecule has 2 heterocycles. The summed E-state index contributed by atoms with van der Waals surface area (Å²) in [5.74, 6) is 0. The van der Waals surface area contributed by atoms with Crippen LogP contribution in [0.4, 0.5) is 5.69 Å². The van der Waals surface area contributed by atoms with Gasteiger partial charge in [-0.25, -0.2) is 0 Å². The molecule has 0 spiro atoms. The number of hydrogen-bond acceptors (Lipinski definition) is 3. The van der Waals surface area contributed by atoms with E-state index in [9.17, 15) is 0 Å². The van der Waals surface area contributed by atoms with Crippen LogP contribution in [0.15, 0.2) is 24.2 Å². The smallest absolute Gasteiger partial charge is 0.399 e. The van der Waals surface area contributed by atoms with Gasteiger partial charge in [0.2, 0.25) is 0 Å². The van der Waals surface area contributed by atoms with Gasteiger partial charge in [0.25, 0.3) is 0 Å². The minimum atomic E-state index is -0.799. The predicted octanol–water partition coefficient (Wildman–Crippen LogP) is 2.59. The zero-order valence-electron chi connectivity index (χ0n) is 16.7. The molecule has 0 N–H and O–H groups in total. The first-order valence-corrected chi connectivity index (χ1v) is 7.27. The SMILES string of the molecule is [2H]c1c([2H])c([2H])c(N2CCCC2)c(B2OC(C)(C)C(C)(C)O2)c1[2H]. The standard InChI is InChI=1S/C16H24BNO2/c1-15(2)16(3,4)20-17(19-15)13-9-5-6-10-14(13)18-11-7-8-12-18/h5-6,9-10H,7-8,11-12H2,1-4H3/i5D,6D,9D,10D. The molecular formula is C16H24BNO2. The fourth-order valence-corrected chi connectivity index (χ4v) is 2.64. The van der Waals surface area contributed by atoms with E-state index in [1.165, 1.54) is 0 Å². The fraction of sp³-hybridized carbons (Fsp3) is 0.625. The summed E-state index contributed by atoms with van der Waals surface area (Å²) in [5, 5.41) is 0. The van der Waals surface area contributed by atoms with Crippen LogP contribution in [0.3, 0.4) is 0 Å². The van der Waals surface area contributed by atoms with Gasteiger partial charge in [-0.05, 0) is 46.6 Å². The Bertz CT molecular complexity index is 659. The van der Waals surface area contributed by atoms with Gasteiger partial charge in [0.15, 0.2) is 0 Å². The van der Waals surface area contributed by atoms with Gasteiger partial charge < -0.3 is 14.2 Å². The molecule has 2 saturated heterocycles. The Labute approximate surface area is 128 Å². The van der Waals surface area contributed by atoms with Crippen LogP contribution in [0.25, 0.3) is 0 Å². The highest BCUT2D eigenvalue weighted by molar-refractivity contribution is 6.64. The van der Waals surface area contributed by atoms with E-state index >= 15 is 0 Å². The molecule has 0 unspecified atom stereocenters. The first kappa shape index (κ1) is 9.85. The van der Waals surface area contributed by atoms with E-state index in [1.54, 1.807) is 0 Å². The van der Waals surface area contributed by atoms with Crippen LogP contribution in [0, 0.1) is 0 Å². The molecule has 3 rings (SSSR count). The normalized spacial score (nSPS) is 27.2. The molecule has 0 amide bonds. The second-order valence-electron chi connectivity index (χ2n) is 6.54. The van der Waals surface area contributed by atoms with Crippen molar-refractivity contribution in [3.8, 4) is 0 Å². The number of nitrogens with zero attached hydrogens (tertiary/aromatic N) is 1. The van der Waals surface area contributed by atoms with Gasteiger partial charge in [-0.3, -0.25) is 0 Å². The van der Waals surface area contributed by atoms with Crippen LogP contribution in [-0.4, -0.2) is 31.4 Å². The Morgan fingerprint density at radius 1 is 1.05 bits per heavy atom. The molecule has 0 saturated carbocycles. The molecule has 0 aliphatic carbocycles. The first-order valence-electron chi connectivity index (χ1n) is 9.27. The average molecular weight is 277 g/mol. The van der Waals surface area contributed by atoms with Crippen LogP contribution in [-0.2, 0) is 9.31 Å². The van der Waals surface area contributed by atoms with Crippen molar-refractivity contribution in [3.63, 3.8) is 0 Å². The Morgan fingerprint density at radius 3 is 2.20 bits per heavy atom. The van der Waals surface area contributed by atoms with Gasteiger partial charge in [0.1, 0.15) is 0 Å². The van der Waals surface area contributed by atoms with Crippen LogP contribution in [0.5, 0.6) is 0 Å². The number of anilines is 1. The van der Waals surface area contributed by atoms with E-state index in [1.807, 2.05) is 32.6 Å². The molecule has 2 aliphatic rings. The zero-order valence-corrected chi connectivity index (χ0v) is 12.7. The predicted molar refractivity (Wildman–Crippen MR) is 83.6 cm³/mol. The molecule has 1 aromatic rings. The number of para-hydroxylation sites is 1. The Balaban J connectivity index is 2.17. The van der Waals surface area contributed by atoms with Crippen molar-refractivity contribution in [2.24, 2.45) is 0 Å². The summed E-state index contributed by atoms with van der Waals surface area (Å²) in [4.78, 5) is 2.03. The number of hydrogen-bond donors (Lipinski definition) is 0. The molecule has 1 aromatic carbocycles. The van der Waals surface area contributed by atoms with E-state index < -0.39 is 18.3 Å². The van der Waals surface area contributed by atoms with Gasteiger partial charge >= 0.3 is 7.12 Å². The van der Waals surface area contributed by atoms with Gasteiger partial charge in [-0.2, -0.15) is 0 Å². The lowest BCUT2D eigenvalue weighted by Gasteiger charge is -2.32.